The van der Waals surface area contributed by atoms with Crippen LogP contribution in [0, 0.1) is 0 Å². The van der Waals surface area contributed by atoms with E-state index in [1.54, 1.807) is 0 Å². The van der Waals surface area contributed by atoms with Crippen molar-refractivity contribution in [1.82, 2.24) is 9.80 Å². The number of hydrogen-bond acceptors (Lipinski definition) is 7. The summed E-state index contributed by atoms with van der Waals surface area (Å²) in [7, 11) is 0. The first kappa shape index (κ1) is 44.2. The Hall–Kier alpha value is -6.37. The lowest BCUT2D eigenvalue weighted by atomic mass is 9.79. The van der Waals surface area contributed by atoms with Crippen LogP contribution in [0.25, 0.3) is 21.5 Å². The zero-order chi connectivity index (χ0) is 43.9. The third-order valence-electron chi connectivity index (χ3n) is 11.6. The van der Waals surface area contributed by atoms with Crippen LogP contribution in [0.4, 0.5) is 11.4 Å². The molecule has 0 saturated carbocycles. The summed E-state index contributed by atoms with van der Waals surface area (Å²) in [5, 5.41) is 42.1. The molecule has 4 aromatic rings. The number of nitrogens with zero attached hydrogens (tertiary/aromatic N) is 4. The lowest BCUT2D eigenvalue weighted by Crippen LogP contribution is -2.37. The zero-order valence-electron chi connectivity index (χ0n) is 35.3. The summed E-state index contributed by atoms with van der Waals surface area (Å²) in [6.45, 7) is 9.25. The third kappa shape index (κ3) is 9.99. The number of allylic oxidation sites excluding steroid dienone is 8. The number of aliphatic carboxylic acids is 4. The van der Waals surface area contributed by atoms with Crippen LogP contribution in [0.2, 0.25) is 0 Å². The lowest BCUT2D eigenvalue weighted by molar-refractivity contribution is -0.438. The molecule has 0 spiro atoms. The number of hydrogen-bond donors (Lipinski definition) is 4. The summed E-state index contributed by atoms with van der Waals surface area (Å²) in [4.78, 5) is 51.0. The Balaban J connectivity index is 1.25. The smallest absolute Gasteiger partial charge is 0.317 e. The molecule has 2 aliphatic heterocycles. The molecule has 0 atom stereocenters. The molecule has 318 valence electrons. The Kier molecular flexibility index (Phi) is 13.7. The van der Waals surface area contributed by atoms with Gasteiger partial charge in [-0.05, 0) is 65.6 Å². The van der Waals surface area contributed by atoms with Crippen LogP contribution >= 0.6 is 0 Å². The number of benzene rings is 4. The Morgan fingerprint density at radius 1 is 0.607 bits per heavy atom. The fraction of sp³-hybridized carbons (Fsp3) is 0.327. The predicted octanol–water partition coefficient (Wildman–Crippen LogP) is 7.44. The van der Waals surface area contributed by atoms with Crippen molar-refractivity contribution in [3.05, 3.63) is 132 Å². The van der Waals surface area contributed by atoms with Gasteiger partial charge in [-0.15, -0.1) is 0 Å². The number of carboxylic acid groups (broad SMARTS) is 4. The quantitative estimate of drug-likeness (QED) is 0.0518. The minimum Gasteiger partial charge on any atom is -0.480 e. The monoisotopic (exact) mass is 827 g/mol. The second kappa shape index (κ2) is 18.9. The highest BCUT2D eigenvalue weighted by Crippen LogP contribution is 2.51. The highest BCUT2D eigenvalue weighted by atomic mass is 16.4. The molecule has 12 nitrogen and oxygen atoms in total. The van der Waals surface area contributed by atoms with E-state index in [4.69, 9.17) is 0 Å². The summed E-state index contributed by atoms with van der Waals surface area (Å²) >= 11 is 0. The largest absolute Gasteiger partial charge is 0.480 e. The molecule has 2 heterocycles. The van der Waals surface area contributed by atoms with Crippen molar-refractivity contribution in [2.75, 3.05) is 57.3 Å². The number of rotatable bonds is 20. The van der Waals surface area contributed by atoms with Gasteiger partial charge in [0.15, 0.2) is 12.3 Å². The molecule has 0 unspecified atom stereocenters. The van der Waals surface area contributed by atoms with Crippen LogP contribution in [0.1, 0.15) is 51.7 Å². The summed E-state index contributed by atoms with van der Waals surface area (Å²) < 4.78 is 2.27. The van der Waals surface area contributed by atoms with Crippen molar-refractivity contribution in [2.45, 2.75) is 51.4 Å². The van der Waals surface area contributed by atoms with Gasteiger partial charge < -0.3 is 25.3 Å². The number of carbonyl (C=O) groups is 4. The molecule has 12 heteroatoms. The van der Waals surface area contributed by atoms with E-state index in [2.05, 4.69) is 97.9 Å². The fourth-order valence-corrected chi connectivity index (χ4v) is 9.14. The first-order valence-corrected chi connectivity index (χ1v) is 20.6. The molecule has 4 aromatic carbocycles. The van der Waals surface area contributed by atoms with Crippen LogP contribution in [0.3, 0.4) is 0 Å². The SMILES string of the molecule is CC1(C)C(/C=C/C=C/C=C/C=C2/N(CCCN(CC(=O)O)CC(=O)O)c3ccc4ccccc4c3C2(C)C)=[N+](CCCN(CC(=O)O)CC(=O)O)c2ccc3ccccc3c21. The van der Waals surface area contributed by atoms with E-state index in [0.29, 0.717) is 39.0 Å². The Labute approximate surface area is 356 Å². The standard InChI is InChI=1S/C49H54N4O8/c1-48(2)40(52(28-14-26-50(30-42(54)55)31-43(56)57)38-24-22-34-16-10-12-18-36(34)46(38)48)20-8-6-5-7-9-21-41-49(3,4)47-37-19-13-11-17-35(37)23-25-39(47)53(41)29-15-27-51(32-44(58)59)33-45(60)61/h5-13,16-25H,14-15,26-33H2,1-4H3,(H3-,54,55,56,57,58,59,60,61)/p+1. The van der Waals surface area contributed by atoms with Gasteiger partial charge in [-0.25, -0.2) is 0 Å². The fourth-order valence-electron chi connectivity index (χ4n) is 9.14. The van der Waals surface area contributed by atoms with Crippen molar-refractivity contribution >= 4 is 62.5 Å². The first-order chi connectivity index (χ1) is 29.1. The third-order valence-corrected chi connectivity index (χ3v) is 11.6. The van der Waals surface area contributed by atoms with E-state index >= 15 is 0 Å². The van der Waals surface area contributed by atoms with Gasteiger partial charge in [0, 0.05) is 60.6 Å². The Morgan fingerprint density at radius 3 is 1.70 bits per heavy atom. The average molecular weight is 828 g/mol. The number of carboxylic acids is 4. The van der Waals surface area contributed by atoms with E-state index < -0.39 is 23.9 Å². The van der Waals surface area contributed by atoms with E-state index in [0.717, 1.165) is 33.6 Å². The van der Waals surface area contributed by atoms with E-state index in [1.165, 1.54) is 31.7 Å². The van der Waals surface area contributed by atoms with Gasteiger partial charge in [0.1, 0.15) is 0 Å². The molecule has 4 N–H and O–H groups in total. The number of anilines is 1. The second-order valence-electron chi connectivity index (χ2n) is 16.7. The maximum atomic E-state index is 11.5. The van der Waals surface area contributed by atoms with Gasteiger partial charge in [0.05, 0.1) is 31.6 Å². The maximum absolute atomic E-state index is 11.5. The topological polar surface area (TPSA) is 162 Å². The van der Waals surface area contributed by atoms with Crippen molar-refractivity contribution in [2.24, 2.45) is 0 Å². The van der Waals surface area contributed by atoms with Crippen LogP contribution in [0.5, 0.6) is 0 Å². The molecule has 0 aliphatic carbocycles. The van der Waals surface area contributed by atoms with Gasteiger partial charge in [-0.2, -0.15) is 4.58 Å². The van der Waals surface area contributed by atoms with Crippen LogP contribution in [-0.2, 0) is 30.0 Å². The number of fused-ring (bicyclic) bond motifs is 6. The molecule has 2 aliphatic rings. The molecular formula is C49H55N4O8+. The maximum Gasteiger partial charge on any atom is 0.317 e. The van der Waals surface area contributed by atoms with Crippen molar-refractivity contribution < 1.29 is 44.2 Å². The van der Waals surface area contributed by atoms with Gasteiger partial charge in [-0.1, -0.05) is 98.8 Å². The summed E-state index contributed by atoms with van der Waals surface area (Å²) in [6, 6.07) is 25.1. The molecule has 0 saturated heterocycles. The van der Waals surface area contributed by atoms with Gasteiger partial charge in [0.2, 0.25) is 5.69 Å². The van der Waals surface area contributed by atoms with E-state index in [9.17, 15) is 39.6 Å². The summed E-state index contributed by atoms with van der Waals surface area (Å²) in [5.41, 5.74) is 6.01. The normalized spacial score (nSPS) is 16.4. The highest BCUT2D eigenvalue weighted by Gasteiger charge is 2.45. The minimum absolute atomic E-state index is 0.319. The van der Waals surface area contributed by atoms with E-state index in [1.807, 2.05) is 54.6 Å². The zero-order valence-corrected chi connectivity index (χ0v) is 35.3. The lowest BCUT2D eigenvalue weighted by Gasteiger charge is -2.28. The van der Waals surface area contributed by atoms with E-state index in [-0.39, 0.29) is 37.0 Å². The van der Waals surface area contributed by atoms with Crippen molar-refractivity contribution in [1.29, 1.82) is 0 Å². The molecule has 0 bridgehead atoms. The first-order valence-electron chi connectivity index (χ1n) is 20.6. The van der Waals surface area contributed by atoms with Crippen molar-refractivity contribution in [3.63, 3.8) is 0 Å². The summed E-state index contributed by atoms with van der Waals surface area (Å²) in [6.07, 6.45) is 15.3. The van der Waals surface area contributed by atoms with Crippen LogP contribution in [0.15, 0.2) is 121 Å². The van der Waals surface area contributed by atoms with Crippen molar-refractivity contribution in [3.8, 4) is 0 Å². The molecular weight excluding hydrogens is 773 g/mol. The van der Waals surface area contributed by atoms with Gasteiger partial charge in [-0.3, -0.25) is 29.0 Å². The van der Waals surface area contributed by atoms with Crippen LogP contribution < -0.4 is 4.90 Å². The molecule has 0 fully saturated rings. The Bertz CT molecular complexity index is 2460. The van der Waals surface area contributed by atoms with Gasteiger partial charge >= 0.3 is 23.9 Å². The van der Waals surface area contributed by atoms with Gasteiger partial charge in [0.25, 0.3) is 0 Å². The molecule has 0 amide bonds. The molecule has 61 heavy (non-hydrogen) atoms. The summed E-state index contributed by atoms with van der Waals surface area (Å²) in [5.74, 6) is -4.25. The minimum atomic E-state index is -1.06. The molecule has 0 radical (unpaired) electrons. The second-order valence-corrected chi connectivity index (χ2v) is 16.7. The highest BCUT2D eigenvalue weighted by molar-refractivity contribution is 6.07. The average Bonchev–Trinajstić information content (AvgIpc) is 3.54. The Morgan fingerprint density at radius 2 is 1.11 bits per heavy atom. The van der Waals surface area contributed by atoms with Crippen LogP contribution in [-0.4, -0.2) is 117 Å². The molecule has 6 rings (SSSR count). The predicted molar refractivity (Wildman–Crippen MR) is 239 cm³/mol. The molecule has 0 aromatic heterocycles.